The van der Waals surface area contributed by atoms with Gasteiger partial charge < -0.3 is 5.11 Å². The zero-order valence-corrected chi connectivity index (χ0v) is 23.3. The van der Waals surface area contributed by atoms with Crippen molar-refractivity contribution in [3.05, 3.63) is 137 Å². The van der Waals surface area contributed by atoms with Gasteiger partial charge in [0, 0.05) is 42.1 Å². The Kier molecular flexibility index (Phi) is 5.50. The largest absolute Gasteiger partial charge is 0.478 e. The van der Waals surface area contributed by atoms with Gasteiger partial charge in [0.05, 0.1) is 27.4 Å². The van der Waals surface area contributed by atoms with E-state index in [0.29, 0.717) is 15.2 Å². The van der Waals surface area contributed by atoms with Gasteiger partial charge in [0.1, 0.15) is 11.0 Å². The Labute approximate surface area is 249 Å². The van der Waals surface area contributed by atoms with Crippen LogP contribution in [-0.4, -0.2) is 21.0 Å². The Morgan fingerprint density at radius 1 is 0.523 bits per heavy atom. The van der Waals surface area contributed by atoms with E-state index in [4.69, 9.17) is 9.97 Å². The molecule has 44 heavy (non-hydrogen) atoms. The summed E-state index contributed by atoms with van der Waals surface area (Å²) in [5.74, 6) is -1.14. The number of rotatable bonds is 3. The van der Waals surface area contributed by atoms with Gasteiger partial charge in [0.25, 0.3) is 0 Å². The lowest BCUT2D eigenvalue weighted by Gasteiger charge is -2.12. The van der Waals surface area contributed by atoms with E-state index in [2.05, 4.69) is 0 Å². The maximum Gasteiger partial charge on any atom is 0.336 e. The zero-order valence-electron chi connectivity index (χ0n) is 22.5. The summed E-state index contributed by atoms with van der Waals surface area (Å²) in [6.07, 6.45) is 0. The summed E-state index contributed by atoms with van der Waals surface area (Å²) in [4.78, 5) is 77.3. The minimum absolute atomic E-state index is 0.0303. The lowest BCUT2D eigenvalue weighted by molar-refractivity contribution is 0.0693. The molecule has 8 nitrogen and oxygen atoms in total. The number of aromatic nitrogens is 2. The fourth-order valence-corrected chi connectivity index (χ4v) is 7.08. The molecule has 7 aromatic carbocycles. The number of benzene rings is 7. The number of carbonyl (C=O) groups is 1. The van der Waals surface area contributed by atoms with Crippen LogP contribution in [0.3, 0.4) is 0 Å². The second-order valence-electron chi connectivity index (χ2n) is 10.4. The molecular formula is C35H16N2O6S. The summed E-state index contributed by atoms with van der Waals surface area (Å²) in [6.45, 7) is 0. The van der Waals surface area contributed by atoms with E-state index in [1.54, 1.807) is 78.9 Å². The highest BCUT2D eigenvalue weighted by molar-refractivity contribution is 7.99. The third-order valence-corrected chi connectivity index (χ3v) is 9.08. The van der Waals surface area contributed by atoms with Crippen LogP contribution in [-0.2, 0) is 0 Å². The third kappa shape index (κ3) is 3.56. The fourth-order valence-electron chi connectivity index (χ4n) is 5.96. The van der Waals surface area contributed by atoms with Crippen LogP contribution >= 0.6 is 11.8 Å². The molecule has 0 aliphatic heterocycles. The maximum absolute atomic E-state index is 14.0. The first kappa shape index (κ1) is 25.9. The van der Waals surface area contributed by atoms with E-state index in [9.17, 15) is 29.1 Å². The van der Waals surface area contributed by atoms with E-state index in [-0.39, 0.29) is 76.2 Å². The van der Waals surface area contributed by atoms with E-state index in [1.165, 1.54) is 12.1 Å². The molecule has 208 valence electrons. The number of hydrogen-bond donors (Lipinski definition) is 1. The molecule has 1 N–H and O–H groups in total. The Bertz CT molecular complexity index is 2820. The summed E-state index contributed by atoms with van der Waals surface area (Å²) in [7, 11) is 0. The molecule has 1 aromatic heterocycles. The van der Waals surface area contributed by atoms with Gasteiger partial charge in [-0.05, 0) is 30.3 Å². The van der Waals surface area contributed by atoms with E-state index >= 15 is 0 Å². The number of fused-ring (bicyclic) bond motifs is 8. The molecule has 0 aliphatic rings. The van der Waals surface area contributed by atoms with Gasteiger partial charge >= 0.3 is 5.97 Å². The first-order valence-corrected chi connectivity index (χ1v) is 14.3. The van der Waals surface area contributed by atoms with Crippen LogP contribution in [0.15, 0.2) is 120 Å². The fraction of sp³-hybridized carbons (Fsp3) is 0. The minimum Gasteiger partial charge on any atom is -0.478 e. The number of carboxylic acid groups (broad SMARTS) is 1. The van der Waals surface area contributed by atoms with Crippen molar-refractivity contribution in [2.45, 2.75) is 9.79 Å². The molecule has 8 aromatic rings. The Hall–Kier alpha value is -5.80. The summed E-state index contributed by atoms with van der Waals surface area (Å²) in [5.41, 5.74) is -0.568. The highest BCUT2D eigenvalue weighted by Crippen LogP contribution is 2.37. The van der Waals surface area contributed by atoms with Gasteiger partial charge in [-0.3, -0.25) is 19.2 Å². The Morgan fingerprint density at radius 3 is 1.70 bits per heavy atom. The summed E-state index contributed by atoms with van der Waals surface area (Å²) < 4.78 is 0. The van der Waals surface area contributed by atoms with Crippen LogP contribution < -0.4 is 21.7 Å². The standard InChI is InChI=1S/C35H16N2O6S/c38-31-16-7-1-2-8-17(16)32(39)26-21(31)13-14-22-29(26)37-23-15-25(44-24-12-6-5-11-20(24)35(42)43)27-28(30(23)36-22)34(41)19-10-4-3-9-18(19)33(27)40/h1-15H,(H,42,43). The topological polar surface area (TPSA) is 131 Å². The van der Waals surface area contributed by atoms with Crippen molar-refractivity contribution >= 4 is 82.9 Å². The molecular weight excluding hydrogens is 576 g/mol. The molecule has 9 heteroatoms. The normalized spacial score (nSPS) is 11.8. The molecule has 1 heterocycles. The van der Waals surface area contributed by atoms with Gasteiger partial charge in [-0.25, -0.2) is 14.8 Å². The predicted octanol–water partition coefficient (Wildman–Crippen LogP) is 5.56. The van der Waals surface area contributed by atoms with Crippen LogP contribution in [0.25, 0.3) is 65.2 Å². The zero-order chi connectivity index (χ0) is 30.3. The first-order chi connectivity index (χ1) is 21.3. The minimum atomic E-state index is -1.14. The molecule has 0 amide bonds. The van der Waals surface area contributed by atoms with Crippen LogP contribution in [0.1, 0.15) is 10.4 Å². The Balaban J connectivity index is 1.57. The SMILES string of the molecule is O=C(O)c1ccccc1Sc1cc2nc3c(ccc4c(=O)c5ccccc5c(=O)c43)nc2c2c(=O)c3ccccc3c(=O)c12. The van der Waals surface area contributed by atoms with E-state index < -0.39 is 16.8 Å². The van der Waals surface area contributed by atoms with Crippen molar-refractivity contribution in [1.82, 2.24) is 9.97 Å². The average molecular weight is 593 g/mol. The smallest absolute Gasteiger partial charge is 0.336 e. The molecule has 8 rings (SSSR count). The molecule has 0 bridgehead atoms. The van der Waals surface area contributed by atoms with E-state index in [0.717, 1.165) is 11.8 Å². The molecule has 0 radical (unpaired) electrons. The number of carboxylic acids is 1. The lowest BCUT2D eigenvalue weighted by atomic mass is 9.99. The van der Waals surface area contributed by atoms with Crippen LogP contribution in [0.2, 0.25) is 0 Å². The molecule has 0 atom stereocenters. The molecule has 0 saturated heterocycles. The van der Waals surface area contributed by atoms with Crippen molar-refractivity contribution in [2.75, 3.05) is 0 Å². The van der Waals surface area contributed by atoms with Gasteiger partial charge in [0.15, 0.2) is 21.7 Å². The second-order valence-corrected chi connectivity index (χ2v) is 11.5. The highest BCUT2D eigenvalue weighted by Gasteiger charge is 2.22. The monoisotopic (exact) mass is 592 g/mol. The van der Waals surface area contributed by atoms with Crippen molar-refractivity contribution in [3.63, 3.8) is 0 Å². The maximum atomic E-state index is 14.0. The molecule has 0 unspecified atom stereocenters. The first-order valence-electron chi connectivity index (χ1n) is 13.5. The van der Waals surface area contributed by atoms with Gasteiger partial charge in [-0.1, -0.05) is 72.4 Å². The van der Waals surface area contributed by atoms with Gasteiger partial charge in [0.2, 0.25) is 0 Å². The van der Waals surface area contributed by atoms with Crippen molar-refractivity contribution < 1.29 is 9.90 Å². The number of hydrogen-bond acceptors (Lipinski definition) is 8. The van der Waals surface area contributed by atoms with E-state index in [1.807, 2.05) is 0 Å². The van der Waals surface area contributed by atoms with Crippen LogP contribution in [0.4, 0.5) is 0 Å². The van der Waals surface area contributed by atoms with Crippen molar-refractivity contribution in [2.24, 2.45) is 0 Å². The number of aromatic carboxylic acids is 1. The lowest BCUT2D eigenvalue weighted by Crippen LogP contribution is -2.15. The summed E-state index contributed by atoms with van der Waals surface area (Å²) in [5, 5.41) is 11.3. The molecule has 0 saturated carbocycles. The van der Waals surface area contributed by atoms with Crippen LogP contribution in [0, 0.1) is 0 Å². The second kappa shape index (κ2) is 9.35. The Morgan fingerprint density at radius 2 is 1.05 bits per heavy atom. The molecule has 0 aliphatic carbocycles. The molecule has 0 fully saturated rings. The van der Waals surface area contributed by atoms with Gasteiger partial charge in [-0.2, -0.15) is 0 Å². The highest BCUT2D eigenvalue weighted by atomic mass is 32.2. The average Bonchev–Trinajstić information content (AvgIpc) is 3.04. The quantitative estimate of drug-likeness (QED) is 0.207. The predicted molar refractivity (Wildman–Crippen MR) is 172 cm³/mol. The summed E-state index contributed by atoms with van der Waals surface area (Å²) >= 11 is 1.04. The van der Waals surface area contributed by atoms with Crippen molar-refractivity contribution in [3.8, 4) is 0 Å². The number of nitrogens with zero attached hydrogens (tertiary/aromatic N) is 2. The van der Waals surface area contributed by atoms with Crippen LogP contribution in [0.5, 0.6) is 0 Å². The van der Waals surface area contributed by atoms with Gasteiger partial charge in [-0.15, -0.1) is 0 Å². The van der Waals surface area contributed by atoms with Crippen molar-refractivity contribution in [1.29, 1.82) is 0 Å². The molecule has 0 spiro atoms. The third-order valence-electron chi connectivity index (χ3n) is 7.96. The summed E-state index contributed by atoms with van der Waals surface area (Å²) in [6, 6.07) is 24.2.